The summed E-state index contributed by atoms with van der Waals surface area (Å²) in [5, 5.41) is 3.39. The van der Waals surface area contributed by atoms with Crippen LogP contribution in [0.15, 0.2) is 53.3 Å². The zero-order chi connectivity index (χ0) is 21.1. The molecule has 8 nitrogen and oxygen atoms in total. The molecule has 2 N–H and O–H groups in total. The first-order chi connectivity index (χ1) is 14.5. The molecule has 154 valence electrons. The number of amides is 2. The van der Waals surface area contributed by atoms with Crippen LogP contribution in [0.1, 0.15) is 18.7 Å². The van der Waals surface area contributed by atoms with Crippen molar-refractivity contribution in [3.8, 4) is 0 Å². The van der Waals surface area contributed by atoms with Gasteiger partial charge in [0, 0.05) is 24.3 Å². The third-order valence-electron chi connectivity index (χ3n) is 5.03. The molecule has 0 aliphatic carbocycles. The zero-order valence-corrected chi connectivity index (χ0v) is 16.7. The van der Waals surface area contributed by atoms with E-state index in [1.54, 1.807) is 47.2 Å². The number of aromatic nitrogens is 2. The van der Waals surface area contributed by atoms with Crippen LogP contribution >= 0.6 is 0 Å². The van der Waals surface area contributed by atoms with E-state index < -0.39 is 0 Å². The lowest BCUT2D eigenvalue weighted by atomic mass is 10.2. The average molecular weight is 405 g/mol. The number of hydrogen-bond acceptors (Lipinski definition) is 5. The van der Waals surface area contributed by atoms with Crippen molar-refractivity contribution in [2.75, 3.05) is 30.4 Å². The summed E-state index contributed by atoms with van der Waals surface area (Å²) in [6, 6.07) is 14.4. The number of likely N-dealkylation sites (N-methyl/N-ethyl adjacent to an activating group) is 1. The average Bonchev–Trinajstić information content (AvgIpc) is 3.14. The van der Waals surface area contributed by atoms with E-state index in [9.17, 15) is 14.4 Å². The Morgan fingerprint density at radius 1 is 1.17 bits per heavy atom. The maximum absolute atomic E-state index is 12.4. The number of nitrogens with zero attached hydrogens (tertiary/aromatic N) is 3. The fourth-order valence-electron chi connectivity index (χ4n) is 3.61. The molecule has 2 heterocycles. The SMILES string of the molecule is CN(CC(=O)Nc1ccc(N2CCCC2=O)cc1)Cc1nc2ccccc2c(=O)[nH]1. The van der Waals surface area contributed by atoms with Crippen LogP contribution < -0.4 is 15.8 Å². The first-order valence-electron chi connectivity index (χ1n) is 9.86. The molecule has 0 radical (unpaired) electrons. The highest BCUT2D eigenvalue weighted by Crippen LogP contribution is 2.23. The van der Waals surface area contributed by atoms with Crippen LogP contribution in [0.25, 0.3) is 10.9 Å². The summed E-state index contributed by atoms with van der Waals surface area (Å²) in [4.78, 5) is 47.1. The number of fused-ring (bicyclic) bond motifs is 1. The second-order valence-corrected chi connectivity index (χ2v) is 7.45. The second-order valence-electron chi connectivity index (χ2n) is 7.45. The van der Waals surface area contributed by atoms with E-state index in [-0.39, 0.29) is 23.9 Å². The predicted molar refractivity (Wildman–Crippen MR) is 115 cm³/mol. The lowest BCUT2D eigenvalue weighted by Crippen LogP contribution is -2.31. The Hall–Kier alpha value is -3.52. The van der Waals surface area contributed by atoms with Crippen molar-refractivity contribution in [2.45, 2.75) is 19.4 Å². The Morgan fingerprint density at radius 3 is 2.67 bits per heavy atom. The van der Waals surface area contributed by atoms with Crippen LogP contribution in [0.4, 0.5) is 11.4 Å². The number of nitrogens with one attached hydrogen (secondary N) is 2. The fourth-order valence-corrected chi connectivity index (χ4v) is 3.61. The maximum Gasteiger partial charge on any atom is 0.258 e. The fraction of sp³-hybridized carbons (Fsp3) is 0.273. The summed E-state index contributed by atoms with van der Waals surface area (Å²) in [6.45, 7) is 1.21. The normalized spacial score (nSPS) is 13.9. The molecule has 30 heavy (non-hydrogen) atoms. The number of anilines is 2. The van der Waals surface area contributed by atoms with Crippen LogP contribution in [0.2, 0.25) is 0 Å². The maximum atomic E-state index is 12.4. The largest absolute Gasteiger partial charge is 0.325 e. The molecule has 1 aliphatic rings. The van der Waals surface area contributed by atoms with Crippen LogP contribution in [0, 0.1) is 0 Å². The molecule has 0 atom stereocenters. The van der Waals surface area contributed by atoms with E-state index in [0.717, 1.165) is 18.7 Å². The Balaban J connectivity index is 1.35. The van der Waals surface area contributed by atoms with Crippen molar-refractivity contribution < 1.29 is 9.59 Å². The van der Waals surface area contributed by atoms with Gasteiger partial charge in [-0.05, 0) is 49.9 Å². The first kappa shape index (κ1) is 19.8. The van der Waals surface area contributed by atoms with Gasteiger partial charge in [-0.15, -0.1) is 0 Å². The number of aromatic amines is 1. The second kappa shape index (κ2) is 8.46. The molecule has 1 aromatic heterocycles. The third kappa shape index (κ3) is 4.38. The van der Waals surface area contributed by atoms with Gasteiger partial charge in [0.1, 0.15) is 5.82 Å². The number of hydrogen-bond donors (Lipinski definition) is 2. The molecule has 0 saturated carbocycles. The van der Waals surface area contributed by atoms with Gasteiger partial charge < -0.3 is 15.2 Å². The van der Waals surface area contributed by atoms with Gasteiger partial charge in [0.05, 0.1) is 24.0 Å². The van der Waals surface area contributed by atoms with E-state index in [1.807, 2.05) is 18.2 Å². The lowest BCUT2D eigenvalue weighted by molar-refractivity contribution is -0.117. The van der Waals surface area contributed by atoms with Crippen molar-refractivity contribution >= 4 is 34.1 Å². The third-order valence-corrected chi connectivity index (χ3v) is 5.03. The number of carbonyl (C=O) groups is 2. The predicted octanol–water partition coefficient (Wildman–Crippen LogP) is 2.12. The van der Waals surface area contributed by atoms with E-state index in [2.05, 4.69) is 15.3 Å². The molecular weight excluding hydrogens is 382 g/mol. The van der Waals surface area contributed by atoms with E-state index in [0.29, 0.717) is 35.4 Å². The highest BCUT2D eigenvalue weighted by atomic mass is 16.2. The molecule has 1 aliphatic heterocycles. The van der Waals surface area contributed by atoms with Gasteiger partial charge in [0.2, 0.25) is 11.8 Å². The van der Waals surface area contributed by atoms with Crippen LogP contribution in [-0.4, -0.2) is 46.8 Å². The van der Waals surface area contributed by atoms with Crippen molar-refractivity contribution in [3.05, 3.63) is 64.7 Å². The molecular formula is C22H23N5O3. The Morgan fingerprint density at radius 2 is 1.93 bits per heavy atom. The lowest BCUT2D eigenvalue weighted by Gasteiger charge is -2.17. The molecule has 8 heteroatoms. The zero-order valence-electron chi connectivity index (χ0n) is 16.7. The van der Waals surface area contributed by atoms with Gasteiger partial charge in [-0.3, -0.25) is 19.3 Å². The molecule has 1 fully saturated rings. The van der Waals surface area contributed by atoms with Gasteiger partial charge in [0.25, 0.3) is 5.56 Å². The summed E-state index contributed by atoms with van der Waals surface area (Å²) in [5.41, 5.74) is 1.95. The monoisotopic (exact) mass is 405 g/mol. The minimum atomic E-state index is -0.190. The topological polar surface area (TPSA) is 98.4 Å². The summed E-state index contributed by atoms with van der Waals surface area (Å²) in [6.07, 6.45) is 1.46. The van der Waals surface area contributed by atoms with Gasteiger partial charge in [-0.2, -0.15) is 0 Å². The summed E-state index contributed by atoms with van der Waals surface area (Å²) < 4.78 is 0. The molecule has 1 saturated heterocycles. The Bertz CT molecular complexity index is 1140. The number of benzene rings is 2. The minimum absolute atomic E-state index is 0.133. The minimum Gasteiger partial charge on any atom is -0.325 e. The molecule has 0 spiro atoms. The van der Waals surface area contributed by atoms with Crippen LogP contribution in [-0.2, 0) is 16.1 Å². The molecule has 2 amide bonds. The molecule has 0 unspecified atom stereocenters. The first-order valence-corrected chi connectivity index (χ1v) is 9.86. The van der Waals surface area contributed by atoms with Gasteiger partial charge >= 0.3 is 0 Å². The number of rotatable bonds is 6. The highest BCUT2D eigenvalue weighted by Gasteiger charge is 2.21. The molecule has 3 aromatic rings. The van der Waals surface area contributed by atoms with E-state index >= 15 is 0 Å². The number of carbonyl (C=O) groups excluding carboxylic acids is 2. The van der Waals surface area contributed by atoms with Crippen molar-refractivity contribution in [1.29, 1.82) is 0 Å². The highest BCUT2D eigenvalue weighted by molar-refractivity contribution is 5.96. The number of para-hydroxylation sites is 1. The van der Waals surface area contributed by atoms with Gasteiger partial charge in [-0.25, -0.2) is 4.98 Å². The quantitative estimate of drug-likeness (QED) is 0.655. The summed E-state index contributed by atoms with van der Waals surface area (Å²) >= 11 is 0. The van der Waals surface area contributed by atoms with Crippen molar-refractivity contribution in [1.82, 2.24) is 14.9 Å². The van der Waals surface area contributed by atoms with E-state index in [1.165, 1.54) is 0 Å². The van der Waals surface area contributed by atoms with Crippen molar-refractivity contribution in [3.63, 3.8) is 0 Å². The number of H-pyrrole nitrogens is 1. The summed E-state index contributed by atoms with van der Waals surface area (Å²) in [5.74, 6) is 0.466. The van der Waals surface area contributed by atoms with Crippen LogP contribution in [0.3, 0.4) is 0 Å². The van der Waals surface area contributed by atoms with Crippen LogP contribution in [0.5, 0.6) is 0 Å². The summed E-state index contributed by atoms with van der Waals surface area (Å²) in [7, 11) is 1.79. The molecule has 2 aromatic carbocycles. The smallest absolute Gasteiger partial charge is 0.258 e. The Labute approximate surface area is 173 Å². The molecule has 4 rings (SSSR count). The Kier molecular flexibility index (Phi) is 5.58. The van der Waals surface area contributed by atoms with Crippen molar-refractivity contribution in [2.24, 2.45) is 0 Å². The van der Waals surface area contributed by atoms with E-state index in [4.69, 9.17) is 0 Å². The standard InChI is InChI=1S/C22H23N5O3/c1-26(13-19-24-18-6-3-2-5-17(18)22(30)25-19)14-20(28)23-15-8-10-16(11-9-15)27-12-4-7-21(27)29/h2-3,5-6,8-11H,4,7,12-14H2,1H3,(H,23,28)(H,24,25,30). The molecule has 0 bridgehead atoms. The van der Waals surface area contributed by atoms with Gasteiger partial charge in [0.15, 0.2) is 0 Å². The van der Waals surface area contributed by atoms with Gasteiger partial charge in [-0.1, -0.05) is 12.1 Å².